The summed E-state index contributed by atoms with van der Waals surface area (Å²) in [5.74, 6) is 0.770. The molecular formula is C12H19NO4S. The first-order chi connectivity index (χ1) is 8.47. The zero-order valence-electron chi connectivity index (χ0n) is 10.4. The van der Waals surface area contributed by atoms with Crippen LogP contribution in [0.4, 0.5) is 0 Å². The summed E-state index contributed by atoms with van der Waals surface area (Å²) in [6, 6.07) is 9.21. The van der Waals surface area contributed by atoms with Crippen molar-refractivity contribution in [3.05, 3.63) is 30.3 Å². The summed E-state index contributed by atoms with van der Waals surface area (Å²) in [7, 11) is -2.95. The highest BCUT2D eigenvalue weighted by atomic mass is 32.2. The van der Waals surface area contributed by atoms with Crippen molar-refractivity contribution in [3.8, 4) is 5.75 Å². The summed E-state index contributed by atoms with van der Waals surface area (Å²) in [6.07, 6.45) is 0.522. The molecule has 0 fully saturated rings. The van der Waals surface area contributed by atoms with E-state index in [1.165, 1.54) is 6.26 Å². The van der Waals surface area contributed by atoms with E-state index in [1.54, 1.807) is 0 Å². The van der Waals surface area contributed by atoms with E-state index in [2.05, 4.69) is 5.32 Å². The lowest BCUT2D eigenvalue weighted by atomic mass is 10.3. The molecule has 5 nitrogen and oxygen atoms in total. The lowest BCUT2D eigenvalue weighted by molar-refractivity contribution is 0.107. The fourth-order valence-corrected chi connectivity index (χ4v) is 1.81. The minimum absolute atomic E-state index is 0.0687. The quantitative estimate of drug-likeness (QED) is 0.655. The van der Waals surface area contributed by atoms with E-state index < -0.39 is 15.9 Å². The van der Waals surface area contributed by atoms with Crippen LogP contribution < -0.4 is 10.1 Å². The van der Waals surface area contributed by atoms with Crippen LogP contribution >= 0.6 is 0 Å². The number of para-hydroxylation sites is 1. The van der Waals surface area contributed by atoms with E-state index in [1.807, 2.05) is 30.3 Å². The second kappa shape index (κ2) is 7.35. The van der Waals surface area contributed by atoms with E-state index >= 15 is 0 Å². The van der Waals surface area contributed by atoms with Gasteiger partial charge in [0.15, 0.2) is 0 Å². The third-order valence-electron chi connectivity index (χ3n) is 2.22. The first kappa shape index (κ1) is 14.9. The van der Waals surface area contributed by atoms with Crippen LogP contribution in [0.3, 0.4) is 0 Å². The van der Waals surface area contributed by atoms with Gasteiger partial charge in [0.05, 0.1) is 5.75 Å². The van der Waals surface area contributed by atoms with Crippen molar-refractivity contribution < 1.29 is 18.3 Å². The minimum Gasteiger partial charge on any atom is -0.491 e. The molecule has 1 unspecified atom stereocenters. The Labute approximate surface area is 108 Å². The van der Waals surface area contributed by atoms with Crippen molar-refractivity contribution in [3.63, 3.8) is 0 Å². The SMILES string of the molecule is CS(=O)(=O)CCNCC(O)COc1ccccc1. The largest absolute Gasteiger partial charge is 0.491 e. The van der Waals surface area contributed by atoms with Crippen molar-refractivity contribution in [2.75, 3.05) is 31.7 Å². The molecule has 0 aliphatic rings. The van der Waals surface area contributed by atoms with Crippen molar-refractivity contribution in [2.45, 2.75) is 6.10 Å². The highest BCUT2D eigenvalue weighted by Crippen LogP contribution is 2.08. The molecule has 0 radical (unpaired) electrons. The Kier molecular flexibility index (Phi) is 6.11. The lowest BCUT2D eigenvalue weighted by Crippen LogP contribution is -2.34. The Bertz CT molecular complexity index is 433. The molecule has 0 aliphatic heterocycles. The lowest BCUT2D eigenvalue weighted by Gasteiger charge is -2.13. The van der Waals surface area contributed by atoms with Crippen LogP contribution in [0.5, 0.6) is 5.75 Å². The third kappa shape index (κ3) is 7.26. The van der Waals surface area contributed by atoms with E-state index in [9.17, 15) is 13.5 Å². The summed E-state index contributed by atoms with van der Waals surface area (Å²) in [5.41, 5.74) is 0. The maximum Gasteiger partial charge on any atom is 0.148 e. The maximum absolute atomic E-state index is 10.9. The van der Waals surface area contributed by atoms with Crippen LogP contribution in [0.2, 0.25) is 0 Å². The average Bonchev–Trinajstić information content (AvgIpc) is 2.32. The van der Waals surface area contributed by atoms with Crippen molar-refractivity contribution >= 4 is 9.84 Å². The zero-order chi connectivity index (χ0) is 13.4. The van der Waals surface area contributed by atoms with Gasteiger partial charge in [0, 0.05) is 19.3 Å². The monoisotopic (exact) mass is 273 g/mol. The number of ether oxygens (including phenoxy) is 1. The summed E-state index contributed by atoms with van der Waals surface area (Å²) in [6.45, 7) is 0.819. The Morgan fingerprint density at radius 1 is 1.33 bits per heavy atom. The molecule has 0 saturated heterocycles. The molecule has 1 aromatic carbocycles. The van der Waals surface area contributed by atoms with Gasteiger partial charge in [-0.25, -0.2) is 8.42 Å². The smallest absolute Gasteiger partial charge is 0.148 e. The van der Waals surface area contributed by atoms with E-state index in [0.717, 1.165) is 0 Å². The molecule has 1 aromatic rings. The van der Waals surface area contributed by atoms with Crippen LogP contribution in [0.25, 0.3) is 0 Å². The Morgan fingerprint density at radius 2 is 2.00 bits per heavy atom. The molecule has 6 heteroatoms. The van der Waals surface area contributed by atoms with Gasteiger partial charge in [-0.15, -0.1) is 0 Å². The Morgan fingerprint density at radius 3 is 2.61 bits per heavy atom. The number of benzene rings is 1. The standard InChI is InChI=1S/C12H19NO4S/c1-18(15,16)8-7-13-9-11(14)10-17-12-5-3-2-4-6-12/h2-6,11,13-14H,7-10H2,1H3. The van der Waals surface area contributed by atoms with Gasteiger partial charge in [-0.3, -0.25) is 0 Å². The van der Waals surface area contributed by atoms with Gasteiger partial charge in [0.25, 0.3) is 0 Å². The fourth-order valence-electron chi connectivity index (χ4n) is 1.29. The predicted molar refractivity (Wildman–Crippen MR) is 70.5 cm³/mol. The van der Waals surface area contributed by atoms with Gasteiger partial charge in [0.2, 0.25) is 0 Å². The summed E-state index contributed by atoms with van der Waals surface area (Å²) in [5, 5.41) is 12.5. The molecule has 18 heavy (non-hydrogen) atoms. The van der Waals surface area contributed by atoms with Crippen molar-refractivity contribution in [1.82, 2.24) is 5.32 Å². The number of aliphatic hydroxyl groups is 1. The second-order valence-corrected chi connectivity index (χ2v) is 6.37. The van der Waals surface area contributed by atoms with Gasteiger partial charge in [-0.2, -0.15) is 0 Å². The average molecular weight is 273 g/mol. The van der Waals surface area contributed by atoms with Gasteiger partial charge in [-0.05, 0) is 12.1 Å². The highest BCUT2D eigenvalue weighted by Gasteiger charge is 2.06. The third-order valence-corrected chi connectivity index (χ3v) is 3.16. The van der Waals surface area contributed by atoms with Gasteiger partial charge in [-0.1, -0.05) is 18.2 Å². The summed E-state index contributed by atoms with van der Waals surface area (Å²) >= 11 is 0. The van der Waals surface area contributed by atoms with E-state index in [0.29, 0.717) is 18.8 Å². The topological polar surface area (TPSA) is 75.6 Å². The molecule has 0 bridgehead atoms. The summed E-state index contributed by atoms with van der Waals surface area (Å²) in [4.78, 5) is 0. The normalized spacial score (nSPS) is 13.2. The molecule has 2 N–H and O–H groups in total. The molecule has 0 saturated carbocycles. The first-order valence-corrected chi connectivity index (χ1v) is 7.78. The van der Waals surface area contributed by atoms with Crippen molar-refractivity contribution in [1.29, 1.82) is 0 Å². The zero-order valence-corrected chi connectivity index (χ0v) is 11.2. The van der Waals surface area contributed by atoms with Gasteiger partial charge in [0.1, 0.15) is 28.3 Å². The maximum atomic E-state index is 10.9. The van der Waals surface area contributed by atoms with E-state index in [-0.39, 0.29) is 12.4 Å². The number of nitrogens with one attached hydrogen (secondary N) is 1. The molecule has 1 rings (SSSR count). The number of aliphatic hydroxyl groups excluding tert-OH is 1. The molecule has 102 valence electrons. The number of hydrogen-bond acceptors (Lipinski definition) is 5. The van der Waals surface area contributed by atoms with Crippen LogP contribution in [0.1, 0.15) is 0 Å². The number of sulfone groups is 1. The van der Waals surface area contributed by atoms with Crippen molar-refractivity contribution in [2.24, 2.45) is 0 Å². The first-order valence-electron chi connectivity index (χ1n) is 5.72. The molecule has 0 heterocycles. The molecule has 0 aromatic heterocycles. The number of hydrogen-bond donors (Lipinski definition) is 2. The minimum atomic E-state index is -2.95. The Balaban J connectivity index is 2.13. The Hall–Kier alpha value is -1.11. The fraction of sp³-hybridized carbons (Fsp3) is 0.500. The number of rotatable bonds is 8. The molecule has 0 amide bonds. The highest BCUT2D eigenvalue weighted by molar-refractivity contribution is 7.90. The second-order valence-electron chi connectivity index (χ2n) is 4.11. The van der Waals surface area contributed by atoms with Gasteiger partial charge >= 0.3 is 0 Å². The molecule has 0 aliphatic carbocycles. The van der Waals surface area contributed by atoms with Crippen LogP contribution in [-0.4, -0.2) is 51.3 Å². The van der Waals surface area contributed by atoms with Crippen LogP contribution in [0, 0.1) is 0 Å². The molecule has 1 atom stereocenters. The summed E-state index contributed by atoms with van der Waals surface area (Å²) < 4.78 is 27.1. The molecule has 0 spiro atoms. The van der Waals surface area contributed by atoms with E-state index in [4.69, 9.17) is 4.74 Å². The molecular weight excluding hydrogens is 254 g/mol. The van der Waals surface area contributed by atoms with Crippen LogP contribution in [0.15, 0.2) is 30.3 Å². The van der Waals surface area contributed by atoms with Gasteiger partial charge < -0.3 is 15.2 Å². The predicted octanol–water partition coefficient (Wildman–Crippen LogP) is 0.0605. The van der Waals surface area contributed by atoms with Crippen LogP contribution in [-0.2, 0) is 9.84 Å².